The smallest absolute Gasteiger partial charge is 0.257 e. The maximum absolute atomic E-state index is 12.6. The Kier molecular flexibility index (Phi) is 4.97. The molecule has 1 aliphatic heterocycles. The van der Waals surface area contributed by atoms with Crippen molar-refractivity contribution in [3.8, 4) is 17.2 Å². The van der Waals surface area contributed by atoms with E-state index in [1.165, 1.54) is 13.2 Å². The third-order valence-electron chi connectivity index (χ3n) is 4.44. The van der Waals surface area contributed by atoms with Gasteiger partial charge >= 0.3 is 0 Å². The minimum Gasteiger partial charge on any atom is -0.507 e. The highest BCUT2D eigenvalue weighted by atomic mass is 16.5. The van der Waals surface area contributed by atoms with Gasteiger partial charge in [-0.1, -0.05) is 0 Å². The number of phenols is 1. The van der Waals surface area contributed by atoms with E-state index in [0.29, 0.717) is 24.4 Å². The number of rotatable bonds is 4. The molecule has 25 heavy (non-hydrogen) atoms. The molecule has 1 fully saturated rings. The Balaban J connectivity index is 1.64. The Hall–Kier alpha value is -2.89. The van der Waals surface area contributed by atoms with E-state index in [4.69, 9.17) is 9.47 Å². The Bertz CT molecular complexity index is 738. The lowest BCUT2D eigenvalue weighted by Gasteiger charge is -2.36. The van der Waals surface area contributed by atoms with E-state index >= 15 is 0 Å². The SMILES string of the molecule is COc1ccc(N2CCN(C(=O)c3ccc(OC)cc3O)CC2)cc1. The molecule has 6 heteroatoms. The van der Waals surface area contributed by atoms with Crippen LogP contribution in [0.15, 0.2) is 42.5 Å². The number of anilines is 1. The van der Waals surface area contributed by atoms with E-state index in [0.717, 1.165) is 24.5 Å². The number of ether oxygens (including phenoxy) is 2. The Morgan fingerprint density at radius 1 is 0.920 bits per heavy atom. The number of nitrogens with zero attached hydrogens (tertiary/aromatic N) is 2. The maximum atomic E-state index is 12.6. The number of phenolic OH excluding ortho intramolecular Hbond substituents is 1. The second-order valence-corrected chi connectivity index (χ2v) is 5.86. The number of carbonyl (C=O) groups is 1. The molecule has 0 atom stereocenters. The van der Waals surface area contributed by atoms with Crippen molar-refractivity contribution < 1.29 is 19.4 Å². The van der Waals surface area contributed by atoms with Crippen molar-refractivity contribution in [3.63, 3.8) is 0 Å². The molecule has 0 aromatic heterocycles. The first-order chi connectivity index (χ1) is 12.1. The molecule has 132 valence electrons. The fourth-order valence-corrected chi connectivity index (χ4v) is 2.95. The fourth-order valence-electron chi connectivity index (χ4n) is 2.95. The number of hydrogen-bond donors (Lipinski definition) is 1. The van der Waals surface area contributed by atoms with Gasteiger partial charge in [0, 0.05) is 37.9 Å². The largest absolute Gasteiger partial charge is 0.507 e. The zero-order valence-electron chi connectivity index (χ0n) is 14.4. The molecule has 1 heterocycles. The minimum atomic E-state index is -0.158. The van der Waals surface area contributed by atoms with Gasteiger partial charge in [0.05, 0.1) is 19.8 Å². The van der Waals surface area contributed by atoms with E-state index < -0.39 is 0 Å². The summed E-state index contributed by atoms with van der Waals surface area (Å²) < 4.78 is 10.2. The molecule has 6 nitrogen and oxygen atoms in total. The summed E-state index contributed by atoms with van der Waals surface area (Å²) in [6.45, 7) is 2.70. The fraction of sp³-hybridized carbons (Fsp3) is 0.316. The molecule has 0 spiro atoms. The van der Waals surface area contributed by atoms with E-state index in [2.05, 4.69) is 4.90 Å². The molecule has 0 radical (unpaired) electrons. The Morgan fingerprint density at radius 2 is 1.52 bits per heavy atom. The molecule has 0 aliphatic carbocycles. The first kappa shape index (κ1) is 17.0. The van der Waals surface area contributed by atoms with Crippen molar-refractivity contribution in [1.29, 1.82) is 0 Å². The highest BCUT2D eigenvalue weighted by molar-refractivity contribution is 5.97. The number of benzene rings is 2. The highest BCUT2D eigenvalue weighted by Gasteiger charge is 2.24. The van der Waals surface area contributed by atoms with Crippen LogP contribution in [-0.2, 0) is 0 Å². The van der Waals surface area contributed by atoms with Gasteiger partial charge in [-0.25, -0.2) is 0 Å². The summed E-state index contributed by atoms with van der Waals surface area (Å²) in [4.78, 5) is 16.6. The van der Waals surface area contributed by atoms with E-state index in [1.807, 2.05) is 24.3 Å². The summed E-state index contributed by atoms with van der Waals surface area (Å²) >= 11 is 0. The normalized spacial score (nSPS) is 14.3. The molecule has 2 aromatic rings. The van der Waals surface area contributed by atoms with Gasteiger partial charge in [0.15, 0.2) is 0 Å². The summed E-state index contributed by atoms with van der Waals surface area (Å²) in [5.41, 5.74) is 1.42. The van der Waals surface area contributed by atoms with Crippen LogP contribution in [0.2, 0.25) is 0 Å². The molecule has 2 aromatic carbocycles. The molecular formula is C19H22N2O4. The molecule has 0 saturated carbocycles. The summed E-state index contributed by atoms with van der Waals surface area (Å²) in [5, 5.41) is 10.1. The summed E-state index contributed by atoms with van der Waals surface area (Å²) in [7, 11) is 3.17. The number of hydrogen-bond acceptors (Lipinski definition) is 5. The van der Waals surface area contributed by atoms with Crippen LogP contribution in [0.1, 0.15) is 10.4 Å². The number of piperazine rings is 1. The van der Waals surface area contributed by atoms with E-state index in [-0.39, 0.29) is 11.7 Å². The van der Waals surface area contributed by atoms with Crippen molar-refractivity contribution in [3.05, 3.63) is 48.0 Å². The van der Waals surface area contributed by atoms with Gasteiger partial charge in [0.25, 0.3) is 5.91 Å². The monoisotopic (exact) mass is 342 g/mol. The van der Waals surface area contributed by atoms with E-state index in [9.17, 15) is 9.90 Å². The van der Waals surface area contributed by atoms with Crippen LogP contribution in [-0.4, -0.2) is 56.3 Å². The molecule has 1 saturated heterocycles. The highest BCUT2D eigenvalue weighted by Crippen LogP contribution is 2.26. The lowest BCUT2D eigenvalue weighted by molar-refractivity contribution is 0.0743. The zero-order valence-corrected chi connectivity index (χ0v) is 14.4. The van der Waals surface area contributed by atoms with Crippen molar-refractivity contribution in [1.82, 2.24) is 4.90 Å². The number of aromatic hydroxyl groups is 1. The van der Waals surface area contributed by atoms with Crippen molar-refractivity contribution >= 4 is 11.6 Å². The lowest BCUT2D eigenvalue weighted by atomic mass is 10.1. The van der Waals surface area contributed by atoms with Gasteiger partial charge < -0.3 is 24.4 Å². The van der Waals surface area contributed by atoms with E-state index in [1.54, 1.807) is 24.1 Å². The molecule has 1 N–H and O–H groups in total. The minimum absolute atomic E-state index is 0.0538. The van der Waals surface area contributed by atoms with Crippen LogP contribution in [0.5, 0.6) is 17.2 Å². The van der Waals surface area contributed by atoms with Crippen LogP contribution in [0.4, 0.5) is 5.69 Å². The van der Waals surface area contributed by atoms with Crippen molar-refractivity contribution in [2.75, 3.05) is 45.3 Å². The van der Waals surface area contributed by atoms with Crippen molar-refractivity contribution in [2.24, 2.45) is 0 Å². The second kappa shape index (κ2) is 7.34. The molecule has 1 aliphatic rings. The molecule has 0 unspecified atom stereocenters. The number of amides is 1. The molecule has 1 amide bonds. The maximum Gasteiger partial charge on any atom is 0.257 e. The molecule has 3 rings (SSSR count). The summed E-state index contributed by atoms with van der Waals surface area (Å²) in [6.07, 6.45) is 0. The third kappa shape index (κ3) is 3.63. The average molecular weight is 342 g/mol. The summed E-state index contributed by atoms with van der Waals surface area (Å²) in [5.74, 6) is 1.14. The predicted octanol–water partition coefficient (Wildman–Crippen LogP) is 2.37. The number of methoxy groups -OCH3 is 2. The van der Waals surface area contributed by atoms with Crippen LogP contribution in [0, 0.1) is 0 Å². The van der Waals surface area contributed by atoms with Gasteiger partial charge in [-0.15, -0.1) is 0 Å². The van der Waals surface area contributed by atoms with Crippen LogP contribution < -0.4 is 14.4 Å². The number of carbonyl (C=O) groups excluding carboxylic acids is 1. The van der Waals surface area contributed by atoms with Gasteiger partial charge in [-0.2, -0.15) is 0 Å². The zero-order chi connectivity index (χ0) is 17.8. The first-order valence-electron chi connectivity index (χ1n) is 8.17. The van der Waals surface area contributed by atoms with Crippen LogP contribution in [0.25, 0.3) is 0 Å². The van der Waals surface area contributed by atoms with Gasteiger partial charge in [0.2, 0.25) is 0 Å². The van der Waals surface area contributed by atoms with Gasteiger partial charge in [-0.05, 0) is 36.4 Å². The van der Waals surface area contributed by atoms with Gasteiger partial charge in [0.1, 0.15) is 17.2 Å². The Morgan fingerprint density at radius 3 is 2.08 bits per heavy atom. The lowest BCUT2D eigenvalue weighted by Crippen LogP contribution is -2.48. The van der Waals surface area contributed by atoms with Crippen molar-refractivity contribution in [2.45, 2.75) is 0 Å². The standard InChI is InChI=1S/C19H22N2O4/c1-24-15-5-3-14(4-6-15)20-9-11-21(12-10-20)19(23)17-8-7-16(25-2)13-18(17)22/h3-8,13,22H,9-12H2,1-2H3. The third-order valence-corrected chi connectivity index (χ3v) is 4.44. The second-order valence-electron chi connectivity index (χ2n) is 5.86. The molecule has 0 bridgehead atoms. The topological polar surface area (TPSA) is 62.2 Å². The summed E-state index contributed by atoms with van der Waals surface area (Å²) in [6, 6.07) is 12.6. The Labute approximate surface area is 147 Å². The average Bonchev–Trinajstić information content (AvgIpc) is 2.67. The quantitative estimate of drug-likeness (QED) is 0.924. The predicted molar refractivity (Wildman–Crippen MR) is 95.8 cm³/mol. The van der Waals surface area contributed by atoms with Crippen LogP contribution >= 0.6 is 0 Å². The molecular weight excluding hydrogens is 320 g/mol. The first-order valence-corrected chi connectivity index (χ1v) is 8.17. The van der Waals surface area contributed by atoms with Gasteiger partial charge in [-0.3, -0.25) is 4.79 Å². The van der Waals surface area contributed by atoms with Crippen LogP contribution in [0.3, 0.4) is 0 Å².